The van der Waals surface area contributed by atoms with Crippen LogP contribution < -0.4 is 10.8 Å². The highest BCUT2D eigenvalue weighted by atomic mass is 35.5. The third-order valence-corrected chi connectivity index (χ3v) is 5.65. The van der Waals surface area contributed by atoms with Gasteiger partial charge in [0.05, 0.1) is 5.02 Å². The lowest BCUT2D eigenvalue weighted by molar-refractivity contribution is -0.126. The van der Waals surface area contributed by atoms with E-state index in [1.807, 2.05) is 0 Å². The topological polar surface area (TPSA) is 77.5 Å². The van der Waals surface area contributed by atoms with Gasteiger partial charge in [-0.25, -0.2) is 14.9 Å². The molecule has 0 unspecified atom stereocenters. The predicted molar refractivity (Wildman–Crippen MR) is 103 cm³/mol. The zero-order chi connectivity index (χ0) is 19.2. The van der Waals surface area contributed by atoms with E-state index >= 15 is 0 Å². The van der Waals surface area contributed by atoms with E-state index in [-0.39, 0.29) is 6.04 Å². The molecule has 0 spiro atoms. The van der Waals surface area contributed by atoms with Gasteiger partial charge in [-0.15, -0.1) is 0 Å². The van der Waals surface area contributed by atoms with Gasteiger partial charge in [-0.3, -0.25) is 14.9 Å². The summed E-state index contributed by atoms with van der Waals surface area (Å²) < 4.78 is 13.5. The Hall–Kier alpha value is -1.70. The van der Waals surface area contributed by atoms with Crippen molar-refractivity contribution in [1.29, 1.82) is 0 Å². The van der Waals surface area contributed by atoms with E-state index in [1.165, 1.54) is 43.8 Å². The van der Waals surface area contributed by atoms with Crippen molar-refractivity contribution in [1.82, 2.24) is 15.4 Å². The van der Waals surface area contributed by atoms with Crippen molar-refractivity contribution in [3.63, 3.8) is 0 Å². The molecule has 0 bridgehead atoms. The van der Waals surface area contributed by atoms with Crippen LogP contribution in [0.15, 0.2) is 18.1 Å². The second kappa shape index (κ2) is 9.48. The van der Waals surface area contributed by atoms with Crippen LogP contribution in [-0.4, -0.2) is 46.2 Å². The summed E-state index contributed by atoms with van der Waals surface area (Å²) in [6, 6.07) is 2.52. The summed E-state index contributed by atoms with van der Waals surface area (Å²) >= 11 is 6.29. The summed E-state index contributed by atoms with van der Waals surface area (Å²) in [7, 11) is 0. The lowest BCUT2D eigenvalue weighted by Crippen LogP contribution is -2.47. The van der Waals surface area contributed by atoms with E-state index in [9.17, 15) is 9.18 Å². The van der Waals surface area contributed by atoms with Gasteiger partial charge < -0.3 is 5.32 Å². The van der Waals surface area contributed by atoms with E-state index in [2.05, 4.69) is 15.2 Å². The zero-order valence-corrected chi connectivity index (χ0v) is 16.0. The average Bonchev–Trinajstić information content (AvgIpc) is 2.70. The minimum absolute atomic E-state index is 0.281. The van der Waals surface area contributed by atoms with E-state index in [0.717, 1.165) is 32.0 Å². The SMILES string of the molecule is O=C(NO)/C(F)=C/c1cnc(N[C@@H]2CCCN(C3CCCCC3)C2)c(Cl)c1. The lowest BCUT2D eigenvalue weighted by Gasteiger charge is -2.40. The molecule has 27 heavy (non-hydrogen) atoms. The molecule has 1 atom stereocenters. The number of pyridine rings is 1. The number of aromatic nitrogens is 1. The van der Waals surface area contributed by atoms with Gasteiger partial charge in [0.1, 0.15) is 5.82 Å². The smallest absolute Gasteiger partial charge is 0.303 e. The maximum absolute atomic E-state index is 13.5. The quantitative estimate of drug-likeness (QED) is 0.401. The Bertz CT molecular complexity index is 694. The number of halogens is 2. The first-order valence-electron chi connectivity index (χ1n) is 9.54. The normalized spacial score (nSPS) is 22.5. The Morgan fingerprint density at radius 1 is 1.30 bits per heavy atom. The van der Waals surface area contributed by atoms with Crippen molar-refractivity contribution >= 4 is 29.4 Å². The van der Waals surface area contributed by atoms with Crippen molar-refractivity contribution in [2.45, 2.75) is 57.0 Å². The summed E-state index contributed by atoms with van der Waals surface area (Å²) in [6.45, 7) is 2.13. The number of rotatable bonds is 5. The van der Waals surface area contributed by atoms with E-state index in [0.29, 0.717) is 22.4 Å². The Balaban J connectivity index is 1.62. The number of nitrogens with zero attached hydrogens (tertiary/aromatic N) is 2. The highest BCUT2D eigenvalue weighted by molar-refractivity contribution is 6.33. The number of amides is 1. The third-order valence-electron chi connectivity index (χ3n) is 5.36. The van der Waals surface area contributed by atoms with Crippen LogP contribution >= 0.6 is 11.6 Å². The van der Waals surface area contributed by atoms with Gasteiger partial charge in [0.2, 0.25) is 0 Å². The van der Waals surface area contributed by atoms with Gasteiger partial charge in [0.15, 0.2) is 5.83 Å². The Morgan fingerprint density at radius 2 is 2.07 bits per heavy atom. The number of hydrogen-bond donors (Lipinski definition) is 3. The standard InChI is InChI=1S/C19H26ClFN4O2/c20-16-9-13(10-17(21)19(26)24-27)11-22-18(16)23-14-5-4-8-25(12-14)15-6-2-1-3-7-15/h9-11,14-15,27H,1-8,12H2,(H,22,23)(H,24,26)/b17-10-/t14-/m1/s1. The molecule has 3 rings (SSSR count). The van der Waals surface area contributed by atoms with Gasteiger partial charge in [-0.2, -0.15) is 0 Å². The zero-order valence-electron chi connectivity index (χ0n) is 15.3. The van der Waals surface area contributed by atoms with E-state index < -0.39 is 11.7 Å². The molecular weight excluding hydrogens is 371 g/mol. The molecule has 1 saturated heterocycles. The second-order valence-corrected chi connectivity index (χ2v) is 7.71. The molecule has 1 aliphatic carbocycles. The van der Waals surface area contributed by atoms with Gasteiger partial charge >= 0.3 is 5.91 Å². The summed E-state index contributed by atoms with van der Waals surface area (Å²) in [5, 5.41) is 12.2. The maximum Gasteiger partial charge on any atom is 0.303 e. The average molecular weight is 397 g/mol. The fourth-order valence-corrected chi connectivity index (χ4v) is 4.23. The molecule has 1 aromatic rings. The first-order chi connectivity index (χ1) is 13.1. The molecule has 1 saturated carbocycles. The minimum atomic E-state index is -1.21. The number of hydrogen-bond acceptors (Lipinski definition) is 5. The largest absolute Gasteiger partial charge is 0.365 e. The third kappa shape index (κ3) is 5.40. The maximum atomic E-state index is 13.5. The molecule has 1 amide bonds. The van der Waals surface area contributed by atoms with Crippen LogP contribution in [0.25, 0.3) is 6.08 Å². The van der Waals surface area contributed by atoms with Crippen molar-refractivity contribution in [3.05, 3.63) is 28.7 Å². The van der Waals surface area contributed by atoms with Crippen molar-refractivity contribution in [2.24, 2.45) is 0 Å². The molecule has 1 aliphatic heterocycles. The molecule has 8 heteroatoms. The number of piperidine rings is 1. The number of anilines is 1. The first kappa shape index (κ1) is 20.0. The van der Waals surface area contributed by atoms with Crippen LogP contribution in [-0.2, 0) is 4.79 Å². The van der Waals surface area contributed by atoms with Gasteiger partial charge in [-0.1, -0.05) is 30.9 Å². The second-order valence-electron chi connectivity index (χ2n) is 7.30. The van der Waals surface area contributed by atoms with Crippen molar-refractivity contribution in [2.75, 3.05) is 18.4 Å². The Labute approximate surface area is 163 Å². The fourth-order valence-electron chi connectivity index (χ4n) is 4.00. The number of carbonyl (C=O) groups is 1. The van der Waals surface area contributed by atoms with Crippen LogP contribution in [0, 0.1) is 0 Å². The molecule has 2 heterocycles. The molecule has 0 radical (unpaired) electrons. The predicted octanol–water partition coefficient (Wildman–Crippen LogP) is 3.76. The number of nitrogens with one attached hydrogen (secondary N) is 2. The Morgan fingerprint density at radius 3 is 2.78 bits per heavy atom. The molecule has 2 fully saturated rings. The van der Waals surface area contributed by atoms with Gasteiger partial charge in [0.25, 0.3) is 0 Å². The first-order valence-corrected chi connectivity index (χ1v) is 9.92. The van der Waals surface area contributed by atoms with Crippen molar-refractivity contribution in [3.8, 4) is 0 Å². The summed E-state index contributed by atoms with van der Waals surface area (Å²) in [4.78, 5) is 17.9. The van der Waals surface area contributed by atoms with E-state index in [1.54, 1.807) is 6.07 Å². The molecule has 2 aliphatic rings. The molecule has 1 aromatic heterocycles. The summed E-state index contributed by atoms with van der Waals surface area (Å²) in [5.41, 5.74) is 1.59. The number of hydroxylamine groups is 1. The molecule has 3 N–H and O–H groups in total. The molecule has 148 valence electrons. The van der Waals surface area contributed by atoms with Crippen LogP contribution in [0.4, 0.5) is 10.2 Å². The summed E-state index contributed by atoms with van der Waals surface area (Å²) in [5.74, 6) is -1.76. The molecule has 6 nitrogen and oxygen atoms in total. The van der Waals surface area contributed by atoms with Gasteiger partial charge in [-0.05, 0) is 49.9 Å². The number of carbonyl (C=O) groups excluding carboxylic acids is 1. The highest BCUT2D eigenvalue weighted by Gasteiger charge is 2.27. The van der Waals surface area contributed by atoms with Crippen LogP contribution in [0.5, 0.6) is 0 Å². The van der Waals surface area contributed by atoms with Crippen LogP contribution in [0.1, 0.15) is 50.5 Å². The lowest BCUT2D eigenvalue weighted by atomic mass is 9.92. The van der Waals surface area contributed by atoms with Crippen LogP contribution in [0.2, 0.25) is 5.02 Å². The monoisotopic (exact) mass is 396 g/mol. The number of likely N-dealkylation sites (tertiary alicyclic amines) is 1. The van der Waals surface area contributed by atoms with Gasteiger partial charge in [0, 0.05) is 24.8 Å². The Kier molecular flexibility index (Phi) is 7.04. The van der Waals surface area contributed by atoms with Crippen LogP contribution in [0.3, 0.4) is 0 Å². The molecule has 0 aromatic carbocycles. The minimum Gasteiger partial charge on any atom is -0.365 e. The fraction of sp³-hybridized carbons (Fsp3) is 0.579. The van der Waals surface area contributed by atoms with E-state index in [4.69, 9.17) is 16.8 Å². The summed E-state index contributed by atoms with van der Waals surface area (Å²) in [6.07, 6.45) is 11.2. The van der Waals surface area contributed by atoms with Crippen molar-refractivity contribution < 1.29 is 14.4 Å². The molecular formula is C19H26ClFN4O2. The highest BCUT2D eigenvalue weighted by Crippen LogP contribution is 2.28.